The number of imidazole rings is 1. The topological polar surface area (TPSA) is 63.2 Å². The zero-order valence-electron chi connectivity index (χ0n) is 19.7. The van der Waals surface area contributed by atoms with Crippen LogP contribution in [0.3, 0.4) is 0 Å². The Morgan fingerprint density at radius 3 is 2.03 bits per heavy atom. The molecule has 0 spiro atoms. The van der Waals surface area contributed by atoms with Crippen LogP contribution in [0, 0.1) is 19.3 Å². The standard InChI is InChI=1S/C28H33N3O2/c1-20-8-12-23(13-9-20)18-25(19-33-17-16-32)31-27-7-5-4-6-26(27)30(28(31)29)22(3)24-14-10-21(2)11-15-24/h4-15,22,25,29,32H,16-19H2,1-3H3. The second kappa shape index (κ2) is 10.2. The average Bonchev–Trinajstić information content (AvgIpc) is 3.11. The quantitative estimate of drug-likeness (QED) is 0.360. The number of aryl methyl sites for hydroxylation is 2. The predicted molar refractivity (Wildman–Crippen MR) is 133 cm³/mol. The summed E-state index contributed by atoms with van der Waals surface area (Å²) >= 11 is 0. The molecule has 0 aliphatic heterocycles. The molecule has 0 fully saturated rings. The summed E-state index contributed by atoms with van der Waals surface area (Å²) in [5.74, 6) is 0. The predicted octanol–water partition coefficient (Wildman–Crippen LogP) is 4.94. The maximum atomic E-state index is 9.25. The molecule has 3 aromatic carbocycles. The number of para-hydroxylation sites is 2. The third-order valence-electron chi connectivity index (χ3n) is 6.31. The SMILES string of the molecule is Cc1ccc(CC(COCCO)n2c(=N)n(C(C)c3ccc(C)cc3)c3ccccc32)cc1. The fourth-order valence-corrected chi connectivity index (χ4v) is 4.48. The van der Waals surface area contributed by atoms with Gasteiger partial charge < -0.3 is 19.0 Å². The van der Waals surface area contributed by atoms with Gasteiger partial charge in [-0.1, -0.05) is 71.8 Å². The number of hydrogen-bond donors (Lipinski definition) is 2. The average molecular weight is 444 g/mol. The van der Waals surface area contributed by atoms with Crippen LogP contribution in [-0.4, -0.2) is 34.1 Å². The van der Waals surface area contributed by atoms with Crippen LogP contribution < -0.4 is 5.62 Å². The molecule has 2 atom stereocenters. The van der Waals surface area contributed by atoms with E-state index < -0.39 is 0 Å². The summed E-state index contributed by atoms with van der Waals surface area (Å²) in [7, 11) is 0. The summed E-state index contributed by atoms with van der Waals surface area (Å²) in [6.07, 6.45) is 0.745. The first-order valence-corrected chi connectivity index (χ1v) is 11.6. The van der Waals surface area contributed by atoms with Crippen molar-refractivity contribution in [2.75, 3.05) is 19.8 Å². The molecule has 2 N–H and O–H groups in total. The normalized spacial score (nSPS) is 13.3. The lowest BCUT2D eigenvalue weighted by molar-refractivity contribution is 0.0697. The summed E-state index contributed by atoms with van der Waals surface area (Å²) in [4.78, 5) is 0. The molecule has 1 heterocycles. The second-order valence-electron chi connectivity index (χ2n) is 8.78. The third-order valence-corrected chi connectivity index (χ3v) is 6.31. The lowest BCUT2D eigenvalue weighted by Gasteiger charge is -2.21. The van der Waals surface area contributed by atoms with E-state index in [4.69, 9.17) is 4.74 Å². The van der Waals surface area contributed by atoms with E-state index in [0.717, 1.165) is 17.5 Å². The molecule has 5 nitrogen and oxygen atoms in total. The molecule has 0 saturated carbocycles. The van der Waals surface area contributed by atoms with Crippen LogP contribution in [0.5, 0.6) is 0 Å². The second-order valence-corrected chi connectivity index (χ2v) is 8.78. The molecule has 0 aliphatic rings. The highest BCUT2D eigenvalue weighted by Gasteiger charge is 2.22. The first kappa shape index (κ1) is 23.0. The Labute approximate surface area is 195 Å². The minimum Gasteiger partial charge on any atom is -0.394 e. The van der Waals surface area contributed by atoms with Crippen LogP contribution in [0.1, 0.15) is 41.3 Å². The lowest BCUT2D eigenvalue weighted by atomic mass is 10.0. The number of aromatic nitrogens is 2. The first-order valence-electron chi connectivity index (χ1n) is 11.6. The van der Waals surface area contributed by atoms with Gasteiger partial charge in [0.1, 0.15) is 0 Å². The van der Waals surface area contributed by atoms with Crippen LogP contribution in [0.25, 0.3) is 11.0 Å². The minimum absolute atomic E-state index is 0.0120. The van der Waals surface area contributed by atoms with E-state index in [1.807, 2.05) is 12.1 Å². The molecule has 0 aliphatic carbocycles. The van der Waals surface area contributed by atoms with Gasteiger partial charge in [0.15, 0.2) is 0 Å². The zero-order valence-corrected chi connectivity index (χ0v) is 19.7. The molecule has 0 bridgehead atoms. The van der Waals surface area contributed by atoms with E-state index in [0.29, 0.717) is 12.2 Å². The van der Waals surface area contributed by atoms with Crippen molar-refractivity contribution in [1.82, 2.24) is 9.13 Å². The van der Waals surface area contributed by atoms with E-state index >= 15 is 0 Å². The van der Waals surface area contributed by atoms with Gasteiger partial charge in [-0.3, -0.25) is 5.41 Å². The Morgan fingerprint density at radius 1 is 0.848 bits per heavy atom. The van der Waals surface area contributed by atoms with E-state index in [1.165, 1.54) is 22.3 Å². The van der Waals surface area contributed by atoms with Crippen LogP contribution in [0.4, 0.5) is 0 Å². The fraction of sp³-hybridized carbons (Fsp3) is 0.321. The maximum absolute atomic E-state index is 9.25. The molecule has 33 heavy (non-hydrogen) atoms. The largest absolute Gasteiger partial charge is 0.394 e. The number of hydrogen-bond acceptors (Lipinski definition) is 3. The molecule has 2 unspecified atom stereocenters. The van der Waals surface area contributed by atoms with Gasteiger partial charge in [0.2, 0.25) is 5.62 Å². The fourth-order valence-electron chi connectivity index (χ4n) is 4.48. The summed E-state index contributed by atoms with van der Waals surface area (Å²) < 4.78 is 10.0. The van der Waals surface area contributed by atoms with Crippen molar-refractivity contribution < 1.29 is 9.84 Å². The lowest BCUT2D eigenvalue weighted by Crippen LogP contribution is -2.32. The smallest absolute Gasteiger partial charge is 0.203 e. The monoisotopic (exact) mass is 443 g/mol. The van der Waals surface area contributed by atoms with Gasteiger partial charge in [-0.2, -0.15) is 0 Å². The molecular formula is C28H33N3O2. The molecule has 5 heteroatoms. The Morgan fingerprint density at radius 2 is 1.42 bits per heavy atom. The van der Waals surface area contributed by atoms with Gasteiger partial charge in [-0.25, -0.2) is 0 Å². The van der Waals surface area contributed by atoms with Crippen molar-refractivity contribution in [3.63, 3.8) is 0 Å². The number of benzene rings is 3. The third kappa shape index (κ3) is 4.95. The van der Waals surface area contributed by atoms with Crippen LogP contribution >= 0.6 is 0 Å². The van der Waals surface area contributed by atoms with Crippen LogP contribution in [0.2, 0.25) is 0 Å². The molecule has 4 rings (SSSR count). The highest BCUT2D eigenvalue weighted by atomic mass is 16.5. The number of ether oxygens (including phenoxy) is 1. The van der Waals surface area contributed by atoms with Crippen molar-refractivity contribution in [1.29, 1.82) is 5.41 Å². The summed E-state index contributed by atoms with van der Waals surface area (Å²) in [5.41, 5.74) is 7.33. The zero-order chi connectivity index (χ0) is 23.4. The van der Waals surface area contributed by atoms with E-state index in [9.17, 15) is 10.5 Å². The van der Waals surface area contributed by atoms with Crippen molar-refractivity contribution in [3.8, 4) is 0 Å². The molecule has 1 aromatic heterocycles. The van der Waals surface area contributed by atoms with Gasteiger partial charge >= 0.3 is 0 Å². The molecule has 0 saturated heterocycles. The summed E-state index contributed by atoms with van der Waals surface area (Å²) in [5, 5.41) is 18.5. The number of fused-ring (bicyclic) bond motifs is 1. The molecule has 4 aromatic rings. The Balaban J connectivity index is 1.81. The molecule has 172 valence electrons. The van der Waals surface area contributed by atoms with E-state index in [2.05, 4.69) is 90.6 Å². The van der Waals surface area contributed by atoms with Gasteiger partial charge in [-0.05, 0) is 50.5 Å². The van der Waals surface area contributed by atoms with E-state index in [1.54, 1.807) is 0 Å². The minimum atomic E-state index is -0.0666. The van der Waals surface area contributed by atoms with Crippen LogP contribution in [-0.2, 0) is 11.2 Å². The maximum Gasteiger partial charge on any atom is 0.203 e. The number of aliphatic hydroxyl groups is 1. The van der Waals surface area contributed by atoms with Gasteiger partial charge in [0.05, 0.1) is 42.9 Å². The van der Waals surface area contributed by atoms with Crippen LogP contribution in [0.15, 0.2) is 72.8 Å². The molecular weight excluding hydrogens is 410 g/mol. The Kier molecular flexibility index (Phi) is 7.11. The highest BCUT2D eigenvalue weighted by Crippen LogP contribution is 2.26. The highest BCUT2D eigenvalue weighted by molar-refractivity contribution is 5.76. The van der Waals surface area contributed by atoms with Crippen molar-refractivity contribution in [2.45, 2.75) is 39.3 Å². The number of rotatable bonds is 9. The van der Waals surface area contributed by atoms with Gasteiger partial charge in [0.25, 0.3) is 0 Å². The van der Waals surface area contributed by atoms with Gasteiger partial charge in [-0.15, -0.1) is 0 Å². The van der Waals surface area contributed by atoms with Crippen molar-refractivity contribution in [2.24, 2.45) is 0 Å². The molecule has 0 radical (unpaired) electrons. The number of nitrogens with zero attached hydrogens (tertiary/aromatic N) is 2. The number of nitrogens with one attached hydrogen (secondary N) is 1. The Bertz CT molecular complexity index is 1250. The van der Waals surface area contributed by atoms with Gasteiger partial charge in [0, 0.05) is 0 Å². The number of aliphatic hydroxyl groups excluding tert-OH is 1. The Hall–Kier alpha value is -3.15. The summed E-state index contributed by atoms with van der Waals surface area (Å²) in [6, 6.07) is 25.2. The molecule has 0 amide bonds. The first-order chi connectivity index (χ1) is 16.0. The van der Waals surface area contributed by atoms with E-state index in [-0.39, 0.29) is 25.3 Å². The van der Waals surface area contributed by atoms with Crippen molar-refractivity contribution in [3.05, 3.63) is 101 Å². The summed E-state index contributed by atoms with van der Waals surface area (Å²) in [6.45, 7) is 7.03. The van der Waals surface area contributed by atoms with Crippen molar-refractivity contribution >= 4 is 11.0 Å².